The number of nitrogens with zero attached hydrogens (tertiary/aromatic N) is 1. The molecule has 7 heteroatoms. The van der Waals surface area contributed by atoms with Crippen LogP contribution in [0.25, 0.3) is 0 Å². The van der Waals surface area contributed by atoms with Crippen molar-refractivity contribution < 1.29 is 13.2 Å². The number of hydrogen-bond acceptors (Lipinski definition) is 4. The molecule has 1 heterocycles. The van der Waals surface area contributed by atoms with E-state index >= 15 is 0 Å². The Morgan fingerprint density at radius 1 is 1.23 bits per heavy atom. The molecular weight excluding hydrogens is 320 g/mol. The lowest BCUT2D eigenvalue weighted by Gasteiger charge is -2.15. The van der Waals surface area contributed by atoms with Crippen molar-refractivity contribution in [2.45, 2.75) is 42.5 Å². The molecule has 1 amide bonds. The Labute approximate surface area is 136 Å². The zero-order valence-electron chi connectivity index (χ0n) is 12.9. The van der Waals surface area contributed by atoms with Gasteiger partial charge in [-0.3, -0.25) is 4.79 Å². The minimum absolute atomic E-state index is 0.0197. The van der Waals surface area contributed by atoms with Gasteiger partial charge in [-0.25, -0.2) is 8.42 Å². The summed E-state index contributed by atoms with van der Waals surface area (Å²) in [4.78, 5) is 12.8. The lowest BCUT2D eigenvalue weighted by molar-refractivity contribution is -0.119. The Bertz CT molecular complexity index is 606. The Balaban J connectivity index is 1.97. The first-order chi connectivity index (χ1) is 10.4. The van der Waals surface area contributed by atoms with Crippen molar-refractivity contribution in [2.24, 2.45) is 0 Å². The molecule has 122 valence electrons. The van der Waals surface area contributed by atoms with Crippen LogP contribution >= 0.6 is 11.8 Å². The molecule has 0 unspecified atom stereocenters. The van der Waals surface area contributed by atoms with E-state index in [4.69, 9.17) is 0 Å². The fourth-order valence-electron chi connectivity index (χ4n) is 2.30. The number of sulfonamides is 1. The Morgan fingerprint density at radius 2 is 1.82 bits per heavy atom. The standard InChI is InChI=1S/C15H22N2O3S2/c1-12(2)16-15(18)11-21-13-5-7-14(8-6-13)22(19,20)17-9-3-4-10-17/h5-8,12H,3-4,9-11H2,1-2H3,(H,16,18). The van der Waals surface area contributed by atoms with E-state index in [2.05, 4.69) is 5.32 Å². The summed E-state index contributed by atoms with van der Waals surface area (Å²) in [5, 5.41) is 2.82. The quantitative estimate of drug-likeness (QED) is 0.804. The third-order valence-corrected chi connectivity index (χ3v) is 6.27. The summed E-state index contributed by atoms with van der Waals surface area (Å²) in [5.74, 6) is 0.310. The molecule has 1 aromatic carbocycles. The third-order valence-electron chi connectivity index (χ3n) is 3.35. The lowest BCUT2D eigenvalue weighted by Crippen LogP contribution is -2.31. The normalized spacial score (nSPS) is 16.1. The average molecular weight is 342 g/mol. The average Bonchev–Trinajstić information content (AvgIpc) is 3.00. The largest absolute Gasteiger partial charge is 0.353 e. The van der Waals surface area contributed by atoms with Crippen LogP contribution in [-0.4, -0.2) is 43.5 Å². The van der Waals surface area contributed by atoms with Gasteiger partial charge in [0.05, 0.1) is 10.6 Å². The molecule has 1 aliphatic rings. The molecular formula is C15H22N2O3S2. The highest BCUT2D eigenvalue weighted by atomic mass is 32.2. The summed E-state index contributed by atoms with van der Waals surface area (Å²) in [6.07, 6.45) is 1.86. The molecule has 1 aliphatic heterocycles. The van der Waals surface area contributed by atoms with Gasteiger partial charge >= 0.3 is 0 Å². The summed E-state index contributed by atoms with van der Waals surface area (Å²) >= 11 is 1.40. The number of carbonyl (C=O) groups excluding carboxylic acids is 1. The minimum Gasteiger partial charge on any atom is -0.353 e. The number of rotatable bonds is 6. The van der Waals surface area contributed by atoms with Crippen LogP contribution in [0.5, 0.6) is 0 Å². The maximum atomic E-state index is 12.4. The Kier molecular flexibility index (Phi) is 5.88. The molecule has 0 saturated carbocycles. The van der Waals surface area contributed by atoms with Gasteiger partial charge in [0.25, 0.3) is 0 Å². The first kappa shape index (κ1) is 17.3. The molecule has 0 atom stereocenters. The first-order valence-corrected chi connectivity index (χ1v) is 9.84. The van der Waals surface area contributed by atoms with Crippen LogP contribution in [0.15, 0.2) is 34.1 Å². The van der Waals surface area contributed by atoms with E-state index in [1.165, 1.54) is 16.1 Å². The van der Waals surface area contributed by atoms with Gasteiger partial charge in [0.1, 0.15) is 0 Å². The van der Waals surface area contributed by atoms with Crippen molar-refractivity contribution in [1.82, 2.24) is 9.62 Å². The van der Waals surface area contributed by atoms with Crippen molar-refractivity contribution in [1.29, 1.82) is 0 Å². The fraction of sp³-hybridized carbons (Fsp3) is 0.533. The zero-order chi connectivity index (χ0) is 16.2. The molecule has 0 bridgehead atoms. The van der Waals surface area contributed by atoms with Crippen molar-refractivity contribution >= 4 is 27.7 Å². The van der Waals surface area contributed by atoms with E-state index in [0.29, 0.717) is 23.7 Å². The Hall–Kier alpha value is -1.05. The molecule has 0 radical (unpaired) electrons. The van der Waals surface area contributed by atoms with E-state index in [1.807, 2.05) is 13.8 Å². The van der Waals surface area contributed by atoms with Crippen LogP contribution in [0.2, 0.25) is 0 Å². The maximum absolute atomic E-state index is 12.4. The van der Waals surface area contributed by atoms with E-state index in [1.54, 1.807) is 24.3 Å². The monoisotopic (exact) mass is 342 g/mol. The zero-order valence-corrected chi connectivity index (χ0v) is 14.5. The van der Waals surface area contributed by atoms with Gasteiger partial charge in [-0.2, -0.15) is 4.31 Å². The van der Waals surface area contributed by atoms with Gasteiger partial charge in [0, 0.05) is 24.0 Å². The van der Waals surface area contributed by atoms with Crippen LogP contribution in [-0.2, 0) is 14.8 Å². The second-order valence-corrected chi connectivity index (χ2v) is 8.58. The van der Waals surface area contributed by atoms with Gasteiger partial charge in [0.15, 0.2) is 0 Å². The molecule has 0 aromatic heterocycles. The van der Waals surface area contributed by atoms with Crippen LogP contribution in [0.1, 0.15) is 26.7 Å². The lowest BCUT2D eigenvalue weighted by atomic mass is 10.4. The molecule has 1 fully saturated rings. The van der Waals surface area contributed by atoms with Gasteiger partial charge < -0.3 is 5.32 Å². The van der Waals surface area contributed by atoms with E-state index in [-0.39, 0.29) is 11.9 Å². The van der Waals surface area contributed by atoms with Crippen molar-refractivity contribution in [3.8, 4) is 0 Å². The topological polar surface area (TPSA) is 66.5 Å². The number of carbonyl (C=O) groups is 1. The van der Waals surface area contributed by atoms with E-state index in [0.717, 1.165) is 17.7 Å². The van der Waals surface area contributed by atoms with E-state index in [9.17, 15) is 13.2 Å². The SMILES string of the molecule is CC(C)NC(=O)CSc1ccc(S(=O)(=O)N2CCCC2)cc1. The third kappa shape index (κ3) is 4.47. The number of benzene rings is 1. The van der Waals surface area contributed by atoms with Crippen molar-refractivity contribution in [2.75, 3.05) is 18.8 Å². The van der Waals surface area contributed by atoms with Gasteiger partial charge in [-0.1, -0.05) is 0 Å². The second kappa shape index (κ2) is 7.48. The Morgan fingerprint density at radius 3 is 2.36 bits per heavy atom. The minimum atomic E-state index is -3.36. The highest BCUT2D eigenvalue weighted by Gasteiger charge is 2.26. The van der Waals surface area contributed by atoms with Crippen LogP contribution < -0.4 is 5.32 Å². The molecule has 5 nitrogen and oxygen atoms in total. The van der Waals surface area contributed by atoms with Crippen LogP contribution in [0.4, 0.5) is 0 Å². The van der Waals surface area contributed by atoms with Crippen LogP contribution in [0, 0.1) is 0 Å². The maximum Gasteiger partial charge on any atom is 0.243 e. The van der Waals surface area contributed by atoms with Crippen LogP contribution in [0.3, 0.4) is 0 Å². The molecule has 2 rings (SSSR count). The summed E-state index contributed by atoms with van der Waals surface area (Å²) in [7, 11) is -3.36. The van der Waals surface area contributed by atoms with Gasteiger partial charge in [-0.15, -0.1) is 11.8 Å². The number of nitrogens with one attached hydrogen (secondary N) is 1. The summed E-state index contributed by atoms with van der Waals surface area (Å²) in [6, 6.07) is 6.89. The highest BCUT2D eigenvalue weighted by molar-refractivity contribution is 8.00. The highest BCUT2D eigenvalue weighted by Crippen LogP contribution is 2.24. The predicted octanol–water partition coefficient (Wildman–Crippen LogP) is 2.09. The molecule has 1 aromatic rings. The van der Waals surface area contributed by atoms with Crippen molar-refractivity contribution in [3.05, 3.63) is 24.3 Å². The fourth-order valence-corrected chi connectivity index (χ4v) is 4.52. The van der Waals surface area contributed by atoms with Gasteiger partial charge in [0.2, 0.25) is 15.9 Å². The molecule has 1 saturated heterocycles. The summed E-state index contributed by atoms with van der Waals surface area (Å²) < 4.78 is 26.3. The summed E-state index contributed by atoms with van der Waals surface area (Å²) in [6.45, 7) is 5.05. The smallest absolute Gasteiger partial charge is 0.243 e. The molecule has 0 spiro atoms. The number of hydrogen-bond donors (Lipinski definition) is 1. The first-order valence-electron chi connectivity index (χ1n) is 7.42. The predicted molar refractivity (Wildman–Crippen MR) is 88.4 cm³/mol. The second-order valence-electron chi connectivity index (χ2n) is 5.59. The molecule has 0 aliphatic carbocycles. The molecule has 1 N–H and O–H groups in total. The summed E-state index contributed by atoms with van der Waals surface area (Å²) in [5.41, 5.74) is 0. The number of amides is 1. The van der Waals surface area contributed by atoms with Crippen molar-refractivity contribution in [3.63, 3.8) is 0 Å². The molecule has 22 heavy (non-hydrogen) atoms. The van der Waals surface area contributed by atoms with Gasteiger partial charge in [-0.05, 0) is 51.0 Å². The number of thioether (sulfide) groups is 1. The van der Waals surface area contributed by atoms with E-state index < -0.39 is 10.0 Å².